The standard InChI is InChI=1S/C45H29N3S/c1-3-11-30(12-4-1)31-19-21-35(22-20-31)47(41-25-26-46-45-44(41)39-27-32-13-7-8-14-33(32)28-43(39)49-45)36-23-24-38-37-17-9-10-18-40(37)48(42(38)29-36)34-15-5-2-6-16-34/h1-29H. The third-order valence-corrected chi connectivity index (χ3v) is 10.7. The molecule has 3 nitrogen and oxygen atoms in total. The second-order valence-electron chi connectivity index (χ2n) is 12.4. The summed E-state index contributed by atoms with van der Waals surface area (Å²) < 4.78 is 3.63. The van der Waals surface area contributed by atoms with E-state index in [2.05, 4.69) is 179 Å². The van der Waals surface area contributed by atoms with Gasteiger partial charge >= 0.3 is 0 Å². The van der Waals surface area contributed by atoms with Gasteiger partial charge in [-0.1, -0.05) is 109 Å². The first-order valence-corrected chi connectivity index (χ1v) is 17.4. The molecule has 0 N–H and O–H groups in total. The molecule has 7 aromatic carbocycles. The summed E-state index contributed by atoms with van der Waals surface area (Å²) in [5.74, 6) is 0. The third kappa shape index (κ3) is 4.53. The van der Waals surface area contributed by atoms with E-state index in [0.29, 0.717) is 0 Å². The van der Waals surface area contributed by atoms with Gasteiger partial charge in [-0.05, 0) is 82.6 Å². The van der Waals surface area contributed by atoms with E-state index in [1.165, 1.54) is 59.2 Å². The van der Waals surface area contributed by atoms with Gasteiger partial charge in [-0.25, -0.2) is 4.98 Å². The maximum Gasteiger partial charge on any atom is 0.126 e. The van der Waals surface area contributed by atoms with Crippen molar-refractivity contribution >= 4 is 81.3 Å². The molecule has 49 heavy (non-hydrogen) atoms. The second kappa shape index (κ2) is 11.2. The summed E-state index contributed by atoms with van der Waals surface area (Å²) in [7, 11) is 0. The summed E-state index contributed by atoms with van der Waals surface area (Å²) in [5.41, 5.74) is 9.20. The highest BCUT2D eigenvalue weighted by molar-refractivity contribution is 7.25. The minimum atomic E-state index is 1.04. The van der Waals surface area contributed by atoms with E-state index in [1.54, 1.807) is 11.3 Å². The molecule has 0 bridgehead atoms. The van der Waals surface area contributed by atoms with Crippen molar-refractivity contribution in [2.75, 3.05) is 4.90 Å². The van der Waals surface area contributed by atoms with Gasteiger partial charge in [-0.15, -0.1) is 11.3 Å². The molecule has 0 fully saturated rings. The minimum absolute atomic E-state index is 1.04. The van der Waals surface area contributed by atoms with Crippen molar-refractivity contribution in [2.45, 2.75) is 0 Å². The predicted molar refractivity (Wildman–Crippen MR) is 209 cm³/mol. The van der Waals surface area contributed by atoms with Gasteiger partial charge in [0.2, 0.25) is 0 Å². The van der Waals surface area contributed by atoms with Crippen LogP contribution in [0.3, 0.4) is 0 Å². The first-order chi connectivity index (χ1) is 24.3. The van der Waals surface area contributed by atoms with Gasteiger partial charge in [0.1, 0.15) is 4.83 Å². The van der Waals surface area contributed by atoms with Crippen molar-refractivity contribution < 1.29 is 0 Å². The lowest BCUT2D eigenvalue weighted by molar-refractivity contribution is 1.18. The number of benzene rings is 7. The first-order valence-electron chi connectivity index (χ1n) is 16.5. The zero-order valence-corrected chi connectivity index (χ0v) is 27.3. The fourth-order valence-corrected chi connectivity index (χ4v) is 8.46. The molecule has 0 spiro atoms. The van der Waals surface area contributed by atoms with Crippen molar-refractivity contribution in [3.05, 3.63) is 176 Å². The van der Waals surface area contributed by atoms with Gasteiger partial charge in [0.15, 0.2) is 0 Å². The van der Waals surface area contributed by atoms with E-state index < -0.39 is 0 Å². The molecular weight excluding hydrogens is 615 g/mol. The minimum Gasteiger partial charge on any atom is -0.310 e. The van der Waals surface area contributed by atoms with Crippen LogP contribution in [-0.4, -0.2) is 9.55 Å². The molecule has 0 amide bonds. The number of rotatable bonds is 5. The van der Waals surface area contributed by atoms with Crippen LogP contribution >= 0.6 is 11.3 Å². The highest BCUT2D eigenvalue weighted by atomic mass is 32.1. The molecule has 3 aromatic heterocycles. The van der Waals surface area contributed by atoms with Crippen molar-refractivity contribution in [1.82, 2.24) is 9.55 Å². The van der Waals surface area contributed by atoms with Crippen molar-refractivity contribution in [2.24, 2.45) is 0 Å². The summed E-state index contributed by atoms with van der Waals surface area (Å²) in [6.07, 6.45) is 1.96. The summed E-state index contributed by atoms with van der Waals surface area (Å²) in [6.45, 7) is 0. The van der Waals surface area contributed by atoms with E-state index in [9.17, 15) is 0 Å². The molecule has 0 aliphatic carbocycles. The van der Waals surface area contributed by atoms with Crippen LogP contribution in [0.1, 0.15) is 0 Å². The number of fused-ring (bicyclic) bond motifs is 7. The normalized spacial score (nSPS) is 11.7. The van der Waals surface area contributed by atoms with Crippen LogP contribution in [0.2, 0.25) is 0 Å². The summed E-state index contributed by atoms with van der Waals surface area (Å²) in [6, 6.07) is 61.2. The van der Waals surface area contributed by atoms with Gasteiger partial charge in [0.05, 0.1) is 16.7 Å². The number of para-hydroxylation sites is 2. The Kier molecular flexibility index (Phi) is 6.36. The Hall–Kier alpha value is -6.23. The van der Waals surface area contributed by atoms with E-state index >= 15 is 0 Å². The number of aromatic nitrogens is 2. The Morgan fingerprint density at radius 2 is 1.14 bits per heavy atom. The SMILES string of the molecule is c1ccc(-c2ccc(N(c3ccc4c5ccccc5n(-c5ccccc5)c4c3)c3ccnc4sc5cc6ccccc6cc5c34)cc2)cc1. The van der Waals surface area contributed by atoms with Crippen molar-refractivity contribution in [1.29, 1.82) is 0 Å². The molecule has 10 rings (SSSR count). The molecule has 10 aromatic rings. The molecule has 0 aliphatic heterocycles. The molecule has 0 unspecified atom stereocenters. The molecule has 0 saturated carbocycles. The molecule has 230 valence electrons. The summed E-state index contributed by atoms with van der Waals surface area (Å²) in [5, 5.41) is 7.35. The van der Waals surface area contributed by atoms with Crippen LogP contribution in [0.25, 0.3) is 69.7 Å². The first kappa shape index (κ1) is 27.8. The highest BCUT2D eigenvalue weighted by Gasteiger charge is 2.21. The van der Waals surface area contributed by atoms with E-state index in [-0.39, 0.29) is 0 Å². The maximum absolute atomic E-state index is 4.91. The van der Waals surface area contributed by atoms with Gasteiger partial charge < -0.3 is 9.47 Å². The van der Waals surface area contributed by atoms with Gasteiger partial charge in [0.25, 0.3) is 0 Å². The molecule has 0 aliphatic rings. The summed E-state index contributed by atoms with van der Waals surface area (Å²) in [4.78, 5) is 8.36. The van der Waals surface area contributed by atoms with Crippen molar-refractivity contribution in [3.8, 4) is 16.8 Å². The number of pyridine rings is 1. The Morgan fingerprint density at radius 3 is 1.96 bits per heavy atom. The largest absolute Gasteiger partial charge is 0.310 e. The fraction of sp³-hybridized carbons (Fsp3) is 0. The van der Waals surface area contributed by atoms with Crippen LogP contribution in [0.15, 0.2) is 176 Å². The quantitative estimate of drug-likeness (QED) is 0.186. The third-order valence-electron chi connectivity index (χ3n) is 9.62. The molecule has 0 radical (unpaired) electrons. The average molecular weight is 644 g/mol. The predicted octanol–water partition coefficient (Wildman–Crippen LogP) is 12.8. The van der Waals surface area contributed by atoms with Crippen molar-refractivity contribution in [3.63, 3.8) is 0 Å². The second-order valence-corrected chi connectivity index (χ2v) is 13.5. The topological polar surface area (TPSA) is 21.1 Å². The lowest BCUT2D eigenvalue weighted by atomic mass is 10.0. The maximum atomic E-state index is 4.91. The molecule has 4 heteroatoms. The highest BCUT2D eigenvalue weighted by Crippen LogP contribution is 2.46. The molecule has 0 atom stereocenters. The van der Waals surface area contributed by atoms with Gasteiger partial charge in [0, 0.05) is 49.5 Å². The number of hydrogen-bond acceptors (Lipinski definition) is 3. The number of thiophene rings is 1. The lowest BCUT2D eigenvalue weighted by Gasteiger charge is -2.27. The number of anilines is 3. The average Bonchev–Trinajstić information content (AvgIpc) is 3.70. The Labute approximate surface area is 287 Å². The van der Waals surface area contributed by atoms with Crippen LogP contribution in [0.5, 0.6) is 0 Å². The smallest absolute Gasteiger partial charge is 0.126 e. The van der Waals surface area contributed by atoms with Gasteiger partial charge in [-0.3, -0.25) is 0 Å². The monoisotopic (exact) mass is 643 g/mol. The number of nitrogens with zero attached hydrogens (tertiary/aromatic N) is 3. The Bertz CT molecular complexity index is 2820. The van der Waals surface area contributed by atoms with Crippen LogP contribution < -0.4 is 4.90 Å². The number of hydrogen-bond donors (Lipinski definition) is 0. The van der Waals surface area contributed by atoms with Crippen LogP contribution in [-0.2, 0) is 0 Å². The Balaban J connectivity index is 1.25. The fourth-order valence-electron chi connectivity index (χ4n) is 7.37. The van der Waals surface area contributed by atoms with E-state index in [4.69, 9.17) is 4.98 Å². The lowest BCUT2D eigenvalue weighted by Crippen LogP contribution is -2.10. The molecule has 0 saturated heterocycles. The van der Waals surface area contributed by atoms with Crippen LogP contribution in [0, 0.1) is 0 Å². The van der Waals surface area contributed by atoms with Gasteiger partial charge in [-0.2, -0.15) is 0 Å². The van der Waals surface area contributed by atoms with Crippen LogP contribution in [0.4, 0.5) is 17.1 Å². The Morgan fingerprint density at radius 1 is 0.490 bits per heavy atom. The zero-order chi connectivity index (χ0) is 32.3. The molecule has 3 heterocycles. The summed E-state index contributed by atoms with van der Waals surface area (Å²) >= 11 is 1.76. The molecular formula is C45H29N3S. The van der Waals surface area contributed by atoms with E-state index in [1.807, 2.05) is 6.20 Å². The van der Waals surface area contributed by atoms with E-state index in [0.717, 1.165) is 27.6 Å². The zero-order valence-electron chi connectivity index (χ0n) is 26.5.